The van der Waals surface area contributed by atoms with Crippen molar-refractivity contribution in [3.05, 3.63) is 23.4 Å². The van der Waals surface area contributed by atoms with Gasteiger partial charge >= 0.3 is 5.97 Å². The highest BCUT2D eigenvalue weighted by Crippen LogP contribution is 2.17. The molecule has 1 aromatic rings. The van der Waals surface area contributed by atoms with E-state index in [2.05, 4.69) is 11.9 Å². The summed E-state index contributed by atoms with van der Waals surface area (Å²) >= 11 is 5.84. The third-order valence-electron chi connectivity index (χ3n) is 3.23. The molecule has 0 bridgehead atoms. The molecule has 1 atom stereocenters. The molecule has 0 aliphatic carbocycles. The average Bonchev–Trinajstić information content (AvgIpc) is 2.43. The first-order valence-corrected chi connectivity index (χ1v) is 7.51. The van der Waals surface area contributed by atoms with Crippen LogP contribution in [0.4, 0.5) is 5.82 Å². The lowest BCUT2D eigenvalue weighted by atomic mass is 10.1. The molecule has 0 saturated heterocycles. The number of carboxylic acid groups (broad SMARTS) is 1. The Labute approximate surface area is 125 Å². The zero-order chi connectivity index (χ0) is 15.0. The molecule has 0 aliphatic heterocycles. The molecular formula is C15H23ClN2O2. The average molecular weight is 299 g/mol. The van der Waals surface area contributed by atoms with Gasteiger partial charge in [0.1, 0.15) is 5.82 Å². The normalized spacial score (nSPS) is 12.2. The second-order valence-electron chi connectivity index (χ2n) is 5.08. The maximum atomic E-state index is 11.0. The second-order valence-corrected chi connectivity index (χ2v) is 5.52. The summed E-state index contributed by atoms with van der Waals surface area (Å²) < 4.78 is 0. The van der Waals surface area contributed by atoms with Crippen molar-refractivity contribution in [1.29, 1.82) is 0 Å². The molecule has 1 rings (SSSR count). The van der Waals surface area contributed by atoms with Crippen molar-refractivity contribution >= 4 is 23.4 Å². The van der Waals surface area contributed by atoms with E-state index >= 15 is 0 Å². The fraction of sp³-hybridized carbons (Fsp3) is 0.600. The highest BCUT2D eigenvalue weighted by molar-refractivity contribution is 6.30. The van der Waals surface area contributed by atoms with Gasteiger partial charge in [-0.25, -0.2) is 4.98 Å². The van der Waals surface area contributed by atoms with E-state index in [1.54, 1.807) is 19.2 Å². The van der Waals surface area contributed by atoms with Crippen LogP contribution in [0, 0.1) is 5.92 Å². The fourth-order valence-electron chi connectivity index (χ4n) is 1.99. The van der Waals surface area contributed by atoms with E-state index in [1.807, 2.05) is 11.0 Å². The predicted molar refractivity (Wildman–Crippen MR) is 82.4 cm³/mol. The van der Waals surface area contributed by atoms with Crippen molar-refractivity contribution in [3.8, 4) is 0 Å². The van der Waals surface area contributed by atoms with Gasteiger partial charge in [-0.15, -0.1) is 0 Å². The highest BCUT2D eigenvalue weighted by atomic mass is 35.5. The number of aromatic nitrogens is 1. The summed E-state index contributed by atoms with van der Waals surface area (Å²) in [6, 6.07) is 3.63. The summed E-state index contributed by atoms with van der Waals surface area (Å²) in [5.41, 5.74) is 0. The maximum absolute atomic E-state index is 11.0. The van der Waals surface area contributed by atoms with Crippen molar-refractivity contribution in [2.24, 2.45) is 5.92 Å². The van der Waals surface area contributed by atoms with Crippen LogP contribution in [-0.2, 0) is 4.79 Å². The number of carbonyl (C=O) groups is 1. The first-order valence-electron chi connectivity index (χ1n) is 7.14. The highest BCUT2D eigenvalue weighted by Gasteiger charge is 2.17. The van der Waals surface area contributed by atoms with Gasteiger partial charge in [-0.05, 0) is 18.6 Å². The number of rotatable bonds is 9. The Bertz CT molecular complexity index is 409. The van der Waals surface area contributed by atoms with Crippen LogP contribution in [0.5, 0.6) is 0 Å². The number of hydrogen-bond donors (Lipinski definition) is 1. The van der Waals surface area contributed by atoms with Gasteiger partial charge in [0.25, 0.3) is 0 Å². The summed E-state index contributed by atoms with van der Waals surface area (Å²) in [7, 11) is 0. The number of nitrogens with zero attached hydrogens (tertiary/aromatic N) is 2. The molecule has 1 heterocycles. The molecule has 1 aromatic heterocycles. The summed E-state index contributed by atoms with van der Waals surface area (Å²) in [6.45, 7) is 5.19. The molecule has 0 spiro atoms. The van der Waals surface area contributed by atoms with E-state index in [1.165, 1.54) is 12.8 Å². The Balaban J connectivity index is 2.67. The first kappa shape index (κ1) is 16.8. The van der Waals surface area contributed by atoms with Crippen LogP contribution in [0.2, 0.25) is 5.02 Å². The van der Waals surface area contributed by atoms with Gasteiger partial charge in [0.05, 0.1) is 10.9 Å². The van der Waals surface area contributed by atoms with Crippen LogP contribution >= 0.6 is 11.6 Å². The van der Waals surface area contributed by atoms with Gasteiger partial charge in [0, 0.05) is 19.3 Å². The molecule has 0 amide bonds. The molecule has 112 valence electrons. The smallest absolute Gasteiger partial charge is 0.308 e. The van der Waals surface area contributed by atoms with Crippen LogP contribution in [0.25, 0.3) is 0 Å². The van der Waals surface area contributed by atoms with Gasteiger partial charge in [-0.3, -0.25) is 4.79 Å². The number of aliphatic carboxylic acids is 1. The molecule has 0 radical (unpaired) electrons. The Hall–Kier alpha value is -1.29. The Morgan fingerprint density at radius 1 is 1.40 bits per heavy atom. The number of hydrogen-bond acceptors (Lipinski definition) is 3. The van der Waals surface area contributed by atoms with E-state index in [0.29, 0.717) is 11.6 Å². The second kappa shape index (κ2) is 8.80. The third kappa shape index (κ3) is 5.78. The summed E-state index contributed by atoms with van der Waals surface area (Å²) in [6.07, 6.45) is 6.19. The summed E-state index contributed by atoms with van der Waals surface area (Å²) in [5.74, 6) is -0.407. The molecule has 0 aromatic carbocycles. The fourth-order valence-corrected chi connectivity index (χ4v) is 2.10. The molecular weight excluding hydrogens is 276 g/mol. The minimum Gasteiger partial charge on any atom is -0.481 e. The van der Waals surface area contributed by atoms with Gasteiger partial charge in [-0.1, -0.05) is 44.7 Å². The maximum Gasteiger partial charge on any atom is 0.308 e. The Kier molecular flexibility index (Phi) is 7.37. The molecule has 1 N–H and O–H groups in total. The molecule has 0 saturated carbocycles. The lowest BCUT2D eigenvalue weighted by Gasteiger charge is -2.25. The van der Waals surface area contributed by atoms with Crippen molar-refractivity contribution in [2.45, 2.75) is 39.5 Å². The van der Waals surface area contributed by atoms with Gasteiger partial charge in [0.2, 0.25) is 0 Å². The monoisotopic (exact) mass is 298 g/mol. The molecule has 4 nitrogen and oxygen atoms in total. The van der Waals surface area contributed by atoms with Crippen LogP contribution in [-0.4, -0.2) is 29.1 Å². The number of anilines is 1. The minimum absolute atomic E-state index is 0.418. The van der Waals surface area contributed by atoms with Crippen molar-refractivity contribution in [1.82, 2.24) is 4.98 Å². The van der Waals surface area contributed by atoms with E-state index in [9.17, 15) is 4.79 Å². The summed E-state index contributed by atoms with van der Waals surface area (Å²) in [4.78, 5) is 17.4. The lowest BCUT2D eigenvalue weighted by Crippen LogP contribution is -2.33. The van der Waals surface area contributed by atoms with Crippen LogP contribution in [0.15, 0.2) is 18.3 Å². The number of unbranched alkanes of at least 4 members (excludes halogenated alkanes) is 3. The topological polar surface area (TPSA) is 53.4 Å². The first-order chi connectivity index (χ1) is 9.54. The van der Waals surface area contributed by atoms with Gasteiger partial charge < -0.3 is 10.0 Å². The standard InChI is InChI=1S/C15H23ClN2O2/c1-3-4-5-6-9-18(11-12(2)15(19)20)14-8-7-13(16)10-17-14/h7-8,10,12H,3-6,9,11H2,1-2H3,(H,19,20). The third-order valence-corrected chi connectivity index (χ3v) is 3.46. The van der Waals surface area contributed by atoms with E-state index in [4.69, 9.17) is 16.7 Å². The molecule has 20 heavy (non-hydrogen) atoms. The van der Waals surface area contributed by atoms with Crippen LogP contribution < -0.4 is 4.90 Å². The molecule has 0 aliphatic rings. The zero-order valence-electron chi connectivity index (χ0n) is 12.2. The van der Waals surface area contributed by atoms with E-state index in [-0.39, 0.29) is 0 Å². The predicted octanol–water partition coefficient (Wildman–Crippen LogP) is 3.84. The van der Waals surface area contributed by atoms with Crippen LogP contribution in [0.1, 0.15) is 39.5 Å². The van der Waals surface area contributed by atoms with E-state index in [0.717, 1.165) is 25.2 Å². The Morgan fingerprint density at radius 3 is 2.70 bits per heavy atom. The lowest BCUT2D eigenvalue weighted by molar-refractivity contribution is -0.140. The molecule has 0 fully saturated rings. The Morgan fingerprint density at radius 2 is 2.15 bits per heavy atom. The van der Waals surface area contributed by atoms with Crippen molar-refractivity contribution in [2.75, 3.05) is 18.0 Å². The summed E-state index contributed by atoms with van der Waals surface area (Å²) in [5, 5.41) is 9.65. The van der Waals surface area contributed by atoms with Crippen molar-refractivity contribution in [3.63, 3.8) is 0 Å². The van der Waals surface area contributed by atoms with E-state index < -0.39 is 11.9 Å². The van der Waals surface area contributed by atoms with Crippen LogP contribution in [0.3, 0.4) is 0 Å². The zero-order valence-corrected chi connectivity index (χ0v) is 12.9. The number of pyridine rings is 1. The minimum atomic E-state index is -0.780. The van der Waals surface area contributed by atoms with Crippen molar-refractivity contribution < 1.29 is 9.90 Å². The number of halogens is 1. The molecule has 5 heteroatoms. The van der Waals surface area contributed by atoms with Gasteiger partial charge in [-0.2, -0.15) is 0 Å². The van der Waals surface area contributed by atoms with Gasteiger partial charge in [0.15, 0.2) is 0 Å². The largest absolute Gasteiger partial charge is 0.481 e. The SMILES string of the molecule is CCCCCCN(CC(C)C(=O)O)c1ccc(Cl)cn1. The quantitative estimate of drug-likeness (QED) is 0.704. The number of carboxylic acids is 1. The molecule has 1 unspecified atom stereocenters.